The number of anilines is 1. The Balaban J connectivity index is 2.01. The van der Waals surface area contributed by atoms with Gasteiger partial charge in [0.1, 0.15) is 11.5 Å². The average molecular weight is 341 g/mol. The van der Waals surface area contributed by atoms with Crippen molar-refractivity contribution in [2.24, 2.45) is 0 Å². The lowest BCUT2D eigenvalue weighted by atomic mass is 10.1. The predicted octanol–water partition coefficient (Wildman–Crippen LogP) is 4.89. The van der Waals surface area contributed by atoms with E-state index in [1.165, 1.54) is 0 Å². The average Bonchev–Trinajstić information content (AvgIpc) is 2.53. The number of aryl methyl sites for hydroxylation is 2. The highest BCUT2D eigenvalue weighted by Crippen LogP contribution is 2.20. The molecule has 0 saturated carbocycles. The quantitative estimate of drug-likeness (QED) is 0.780. The summed E-state index contributed by atoms with van der Waals surface area (Å²) < 4.78 is 11.5. The largest absolute Gasteiger partial charge is 0.491 e. The fraction of sp³-hybridized carbons (Fsp3) is 0.381. The Morgan fingerprint density at radius 3 is 2.08 bits per heavy atom. The SMILES string of the molecule is CC[C@@H](Oc1cc(C)cc(C)c1)C(=O)Nc1ccc(OC(C)C)cc1. The van der Waals surface area contributed by atoms with Gasteiger partial charge in [0.15, 0.2) is 6.10 Å². The molecule has 0 fully saturated rings. The summed E-state index contributed by atoms with van der Waals surface area (Å²) >= 11 is 0. The molecule has 4 nitrogen and oxygen atoms in total. The van der Waals surface area contributed by atoms with Crippen molar-refractivity contribution in [1.82, 2.24) is 0 Å². The molecule has 0 aromatic heterocycles. The molecule has 0 unspecified atom stereocenters. The second kappa shape index (κ2) is 8.56. The summed E-state index contributed by atoms with van der Waals surface area (Å²) in [5, 5.41) is 2.90. The highest BCUT2D eigenvalue weighted by Gasteiger charge is 2.19. The van der Waals surface area contributed by atoms with E-state index in [-0.39, 0.29) is 12.0 Å². The number of nitrogens with one attached hydrogen (secondary N) is 1. The van der Waals surface area contributed by atoms with Crippen LogP contribution in [0.2, 0.25) is 0 Å². The van der Waals surface area contributed by atoms with E-state index < -0.39 is 6.10 Å². The van der Waals surface area contributed by atoms with Gasteiger partial charge in [-0.1, -0.05) is 13.0 Å². The Morgan fingerprint density at radius 1 is 0.960 bits per heavy atom. The van der Waals surface area contributed by atoms with Gasteiger partial charge in [-0.15, -0.1) is 0 Å². The minimum Gasteiger partial charge on any atom is -0.491 e. The first-order valence-corrected chi connectivity index (χ1v) is 8.70. The first kappa shape index (κ1) is 18.8. The van der Waals surface area contributed by atoms with Crippen molar-refractivity contribution in [2.75, 3.05) is 5.32 Å². The Hall–Kier alpha value is -2.49. The molecule has 2 aromatic rings. The molecule has 1 amide bonds. The number of amides is 1. The third kappa shape index (κ3) is 5.82. The molecular formula is C21H27NO3. The van der Waals surface area contributed by atoms with E-state index >= 15 is 0 Å². The zero-order valence-electron chi connectivity index (χ0n) is 15.6. The van der Waals surface area contributed by atoms with Crippen molar-refractivity contribution in [3.63, 3.8) is 0 Å². The van der Waals surface area contributed by atoms with Crippen molar-refractivity contribution >= 4 is 11.6 Å². The highest BCUT2D eigenvalue weighted by molar-refractivity contribution is 5.94. The molecule has 2 aromatic carbocycles. The van der Waals surface area contributed by atoms with Crippen LogP contribution >= 0.6 is 0 Å². The second-order valence-corrected chi connectivity index (χ2v) is 6.52. The molecule has 0 aliphatic heterocycles. The summed E-state index contributed by atoms with van der Waals surface area (Å²) in [5.74, 6) is 1.35. The van der Waals surface area contributed by atoms with Gasteiger partial charge in [-0.25, -0.2) is 0 Å². The summed E-state index contributed by atoms with van der Waals surface area (Å²) in [4.78, 5) is 12.5. The van der Waals surface area contributed by atoms with Crippen LogP contribution in [0.15, 0.2) is 42.5 Å². The van der Waals surface area contributed by atoms with E-state index in [1.54, 1.807) is 0 Å². The van der Waals surface area contributed by atoms with E-state index in [0.717, 1.165) is 28.3 Å². The van der Waals surface area contributed by atoms with E-state index in [0.29, 0.717) is 6.42 Å². The van der Waals surface area contributed by atoms with Crippen LogP contribution in [0.4, 0.5) is 5.69 Å². The van der Waals surface area contributed by atoms with Crippen LogP contribution in [0.1, 0.15) is 38.3 Å². The summed E-state index contributed by atoms with van der Waals surface area (Å²) in [6.07, 6.45) is 0.178. The van der Waals surface area contributed by atoms with Gasteiger partial charge < -0.3 is 14.8 Å². The minimum atomic E-state index is -0.534. The fourth-order valence-corrected chi connectivity index (χ4v) is 2.60. The number of benzene rings is 2. The molecular weight excluding hydrogens is 314 g/mol. The molecule has 1 atom stereocenters. The van der Waals surface area contributed by atoms with Gasteiger partial charge in [-0.2, -0.15) is 0 Å². The highest BCUT2D eigenvalue weighted by atomic mass is 16.5. The molecule has 0 bridgehead atoms. The number of ether oxygens (including phenoxy) is 2. The van der Waals surface area contributed by atoms with Gasteiger partial charge in [0.05, 0.1) is 6.10 Å². The van der Waals surface area contributed by atoms with Gasteiger partial charge in [-0.3, -0.25) is 4.79 Å². The Morgan fingerprint density at radius 2 is 1.56 bits per heavy atom. The molecule has 0 saturated heterocycles. The molecule has 1 N–H and O–H groups in total. The smallest absolute Gasteiger partial charge is 0.265 e. The molecule has 25 heavy (non-hydrogen) atoms. The summed E-state index contributed by atoms with van der Waals surface area (Å²) in [6, 6.07) is 13.3. The van der Waals surface area contributed by atoms with Crippen molar-refractivity contribution in [3.8, 4) is 11.5 Å². The van der Waals surface area contributed by atoms with Crippen molar-refractivity contribution in [3.05, 3.63) is 53.6 Å². The van der Waals surface area contributed by atoms with Crippen LogP contribution in [0.3, 0.4) is 0 Å². The van der Waals surface area contributed by atoms with E-state index in [4.69, 9.17) is 9.47 Å². The van der Waals surface area contributed by atoms with Gasteiger partial charge in [-0.05, 0) is 81.6 Å². The van der Waals surface area contributed by atoms with Gasteiger partial charge in [0, 0.05) is 5.69 Å². The fourth-order valence-electron chi connectivity index (χ4n) is 2.60. The van der Waals surface area contributed by atoms with Crippen LogP contribution in [0.25, 0.3) is 0 Å². The number of carbonyl (C=O) groups is 1. The predicted molar refractivity (Wildman–Crippen MR) is 101 cm³/mol. The normalized spacial score (nSPS) is 11.9. The third-order valence-corrected chi connectivity index (χ3v) is 3.63. The standard InChI is InChI=1S/C21H27NO3/c1-6-20(25-19-12-15(4)11-16(5)13-19)21(23)22-17-7-9-18(10-8-17)24-14(2)3/h7-14,20H,6H2,1-5H3,(H,22,23)/t20-/m1/s1. The van der Waals surface area contributed by atoms with Crippen LogP contribution in [-0.2, 0) is 4.79 Å². The van der Waals surface area contributed by atoms with Crippen LogP contribution in [0.5, 0.6) is 11.5 Å². The lowest BCUT2D eigenvalue weighted by Gasteiger charge is -2.18. The van der Waals surface area contributed by atoms with Crippen molar-refractivity contribution in [1.29, 1.82) is 0 Å². The summed E-state index contributed by atoms with van der Waals surface area (Å²) in [7, 11) is 0. The zero-order valence-corrected chi connectivity index (χ0v) is 15.6. The molecule has 0 heterocycles. The molecule has 134 valence electrons. The van der Waals surface area contributed by atoms with Crippen molar-refractivity contribution in [2.45, 2.75) is 53.2 Å². The Kier molecular flexibility index (Phi) is 6.45. The summed E-state index contributed by atoms with van der Waals surface area (Å²) in [5.41, 5.74) is 2.96. The monoisotopic (exact) mass is 341 g/mol. The Bertz CT molecular complexity index is 687. The van der Waals surface area contributed by atoms with E-state index in [1.807, 2.05) is 71.0 Å². The topological polar surface area (TPSA) is 47.6 Å². The maximum absolute atomic E-state index is 12.5. The Labute approximate surface area is 150 Å². The lowest BCUT2D eigenvalue weighted by Crippen LogP contribution is -2.32. The van der Waals surface area contributed by atoms with Crippen LogP contribution < -0.4 is 14.8 Å². The van der Waals surface area contributed by atoms with Gasteiger partial charge in [0.2, 0.25) is 0 Å². The molecule has 2 rings (SSSR count). The second-order valence-electron chi connectivity index (χ2n) is 6.52. The molecule has 0 spiro atoms. The lowest BCUT2D eigenvalue weighted by molar-refractivity contribution is -0.122. The molecule has 0 radical (unpaired) electrons. The number of hydrogen-bond donors (Lipinski definition) is 1. The van der Waals surface area contributed by atoms with Crippen LogP contribution in [-0.4, -0.2) is 18.1 Å². The number of hydrogen-bond acceptors (Lipinski definition) is 3. The maximum atomic E-state index is 12.5. The minimum absolute atomic E-state index is 0.121. The molecule has 4 heteroatoms. The summed E-state index contributed by atoms with van der Waals surface area (Å²) in [6.45, 7) is 9.92. The maximum Gasteiger partial charge on any atom is 0.265 e. The zero-order chi connectivity index (χ0) is 18.4. The first-order chi connectivity index (χ1) is 11.9. The van der Waals surface area contributed by atoms with Crippen molar-refractivity contribution < 1.29 is 14.3 Å². The van der Waals surface area contributed by atoms with Crippen LogP contribution in [0, 0.1) is 13.8 Å². The molecule has 0 aliphatic rings. The first-order valence-electron chi connectivity index (χ1n) is 8.70. The van der Waals surface area contributed by atoms with Gasteiger partial charge in [0.25, 0.3) is 5.91 Å². The third-order valence-electron chi connectivity index (χ3n) is 3.63. The van der Waals surface area contributed by atoms with E-state index in [9.17, 15) is 4.79 Å². The number of rotatable bonds is 7. The molecule has 0 aliphatic carbocycles. The van der Waals surface area contributed by atoms with E-state index in [2.05, 4.69) is 11.4 Å². The van der Waals surface area contributed by atoms with Gasteiger partial charge >= 0.3 is 0 Å². The number of carbonyl (C=O) groups excluding carboxylic acids is 1.